The van der Waals surface area contributed by atoms with Gasteiger partial charge in [-0.3, -0.25) is 14.5 Å². The molecule has 1 N–H and O–H groups in total. The minimum atomic E-state index is -0.402. The summed E-state index contributed by atoms with van der Waals surface area (Å²) in [5, 5.41) is 2.79. The summed E-state index contributed by atoms with van der Waals surface area (Å²) in [5.41, 5.74) is 0.794. The molecule has 0 spiro atoms. The summed E-state index contributed by atoms with van der Waals surface area (Å²) in [5.74, 6) is -0.0806. The van der Waals surface area contributed by atoms with Crippen molar-refractivity contribution < 1.29 is 9.59 Å². The molecule has 0 aromatic heterocycles. The van der Waals surface area contributed by atoms with E-state index >= 15 is 0 Å². The average Bonchev–Trinajstić information content (AvgIpc) is 2.41. The maximum atomic E-state index is 12.4. The second-order valence-corrected chi connectivity index (χ2v) is 4.44. The summed E-state index contributed by atoms with van der Waals surface area (Å²) in [6.07, 6.45) is 1.23. The van der Waals surface area contributed by atoms with E-state index in [1.165, 1.54) is 0 Å². The molecular weight excluding hydrogens is 228 g/mol. The van der Waals surface area contributed by atoms with Gasteiger partial charge in [0.1, 0.15) is 12.1 Å². The summed E-state index contributed by atoms with van der Waals surface area (Å²) >= 11 is 0. The summed E-state index contributed by atoms with van der Waals surface area (Å²) in [6, 6.07) is 8.59. The Hall–Kier alpha value is -1.84. The summed E-state index contributed by atoms with van der Waals surface area (Å²) in [7, 11) is 0. The molecule has 2 rings (SSSR count). The number of benzene rings is 1. The molecule has 1 heterocycles. The normalized spacial score (nSPS) is 24.0. The van der Waals surface area contributed by atoms with Crippen LogP contribution in [0, 0.1) is 0 Å². The van der Waals surface area contributed by atoms with Gasteiger partial charge in [0, 0.05) is 5.69 Å². The number of carbonyl (C=O) groups excluding carboxylic acids is 2. The Bertz CT molecular complexity index is 444. The van der Waals surface area contributed by atoms with Gasteiger partial charge in [-0.25, -0.2) is 0 Å². The van der Waals surface area contributed by atoms with Crippen molar-refractivity contribution in [3.8, 4) is 0 Å². The highest BCUT2D eigenvalue weighted by Gasteiger charge is 2.39. The fourth-order valence-corrected chi connectivity index (χ4v) is 2.31. The highest BCUT2D eigenvalue weighted by molar-refractivity contribution is 6.08. The molecule has 4 heteroatoms. The molecule has 96 valence electrons. The fourth-order valence-electron chi connectivity index (χ4n) is 2.31. The second kappa shape index (κ2) is 5.21. The zero-order valence-corrected chi connectivity index (χ0v) is 10.7. The second-order valence-electron chi connectivity index (χ2n) is 4.44. The number of rotatable bonds is 3. The van der Waals surface area contributed by atoms with Crippen molar-refractivity contribution in [2.24, 2.45) is 0 Å². The van der Waals surface area contributed by atoms with Gasteiger partial charge in [0.25, 0.3) is 0 Å². The van der Waals surface area contributed by atoms with E-state index in [0.717, 1.165) is 5.69 Å². The van der Waals surface area contributed by atoms with Gasteiger partial charge in [0.2, 0.25) is 11.8 Å². The van der Waals surface area contributed by atoms with Gasteiger partial charge in [-0.15, -0.1) is 0 Å². The molecule has 1 aromatic rings. The van der Waals surface area contributed by atoms with Gasteiger partial charge < -0.3 is 5.32 Å². The molecule has 18 heavy (non-hydrogen) atoms. The third-order valence-electron chi connectivity index (χ3n) is 3.30. The van der Waals surface area contributed by atoms with Gasteiger partial charge in [-0.05, 0) is 25.0 Å². The highest BCUT2D eigenvalue weighted by atomic mass is 16.2. The number of piperazine rings is 1. The van der Waals surface area contributed by atoms with Crippen LogP contribution in [0.4, 0.5) is 5.69 Å². The van der Waals surface area contributed by atoms with Crippen molar-refractivity contribution in [3.63, 3.8) is 0 Å². The lowest BCUT2D eigenvalue weighted by atomic mass is 10.0. The van der Waals surface area contributed by atoms with Crippen LogP contribution >= 0.6 is 0 Å². The molecular formula is C14H18N2O2. The van der Waals surface area contributed by atoms with Gasteiger partial charge in [-0.1, -0.05) is 32.0 Å². The molecule has 2 amide bonds. The van der Waals surface area contributed by atoms with Crippen molar-refractivity contribution in [2.45, 2.75) is 38.8 Å². The fraction of sp³-hybridized carbons (Fsp3) is 0.429. The largest absolute Gasteiger partial charge is 0.342 e. The van der Waals surface area contributed by atoms with E-state index in [2.05, 4.69) is 5.32 Å². The van der Waals surface area contributed by atoms with Crippen molar-refractivity contribution in [1.82, 2.24) is 5.32 Å². The molecule has 1 aromatic carbocycles. The highest BCUT2D eigenvalue weighted by Crippen LogP contribution is 2.23. The zero-order chi connectivity index (χ0) is 13.1. The van der Waals surface area contributed by atoms with E-state index in [9.17, 15) is 9.59 Å². The minimum Gasteiger partial charge on any atom is -0.342 e. The predicted octanol–water partition coefficient (Wildman–Crippen LogP) is 1.71. The summed E-state index contributed by atoms with van der Waals surface area (Å²) < 4.78 is 0. The van der Waals surface area contributed by atoms with Crippen LogP contribution in [0.3, 0.4) is 0 Å². The molecule has 0 saturated carbocycles. The average molecular weight is 246 g/mol. The third-order valence-corrected chi connectivity index (χ3v) is 3.30. The Balaban J connectivity index is 2.38. The van der Waals surface area contributed by atoms with Crippen molar-refractivity contribution in [1.29, 1.82) is 0 Å². The van der Waals surface area contributed by atoms with E-state index in [4.69, 9.17) is 0 Å². The van der Waals surface area contributed by atoms with Crippen LogP contribution in [0.15, 0.2) is 30.3 Å². The summed E-state index contributed by atoms with van der Waals surface area (Å²) in [6.45, 7) is 3.82. The number of para-hydroxylation sites is 1. The lowest BCUT2D eigenvalue weighted by molar-refractivity contribution is -0.134. The molecule has 2 unspecified atom stereocenters. The number of hydrogen-bond donors (Lipinski definition) is 1. The summed E-state index contributed by atoms with van der Waals surface area (Å²) in [4.78, 5) is 26.0. The van der Waals surface area contributed by atoms with E-state index in [0.29, 0.717) is 12.8 Å². The molecule has 4 nitrogen and oxygen atoms in total. The van der Waals surface area contributed by atoms with Crippen molar-refractivity contribution >= 4 is 17.5 Å². The van der Waals surface area contributed by atoms with Crippen LogP contribution in [0.5, 0.6) is 0 Å². The van der Waals surface area contributed by atoms with Gasteiger partial charge in [0.05, 0.1) is 0 Å². The number of amides is 2. The quantitative estimate of drug-likeness (QED) is 0.882. The van der Waals surface area contributed by atoms with E-state index in [1.807, 2.05) is 44.2 Å². The molecule has 0 radical (unpaired) electrons. The number of hydrogen-bond acceptors (Lipinski definition) is 2. The van der Waals surface area contributed by atoms with Gasteiger partial charge in [0.15, 0.2) is 0 Å². The predicted molar refractivity (Wildman–Crippen MR) is 70.2 cm³/mol. The molecule has 1 aliphatic heterocycles. The van der Waals surface area contributed by atoms with E-state index < -0.39 is 12.1 Å². The lowest BCUT2D eigenvalue weighted by Gasteiger charge is -2.38. The van der Waals surface area contributed by atoms with Crippen LogP contribution in [-0.2, 0) is 9.59 Å². The minimum absolute atomic E-state index is 0.0184. The first kappa shape index (κ1) is 12.6. The number of nitrogens with zero attached hydrogens (tertiary/aromatic N) is 1. The van der Waals surface area contributed by atoms with Crippen molar-refractivity contribution in [3.05, 3.63) is 30.3 Å². The maximum Gasteiger partial charge on any atom is 0.250 e. The standard InChI is InChI=1S/C14H18N2O2/c1-3-11-14(18)16(10-8-6-5-7-9-10)12(4-2)13(17)15-11/h5-9,11-12H,3-4H2,1-2H3,(H,15,17). The molecule has 1 saturated heterocycles. The third kappa shape index (κ3) is 2.10. The number of nitrogens with one attached hydrogen (secondary N) is 1. The van der Waals surface area contributed by atoms with E-state index in [-0.39, 0.29) is 11.8 Å². The molecule has 0 bridgehead atoms. The van der Waals surface area contributed by atoms with Crippen LogP contribution in [0.25, 0.3) is 0 Å². The first-order chi connectivity index (χ1) is 8.69. The van der Waals surface area contributed by atoms with Crippen LogP contribution < -0.4 is 10.2 Å². The molecule has 2 atom stereocenters. The van der Waals surface area contributed by atoms with E-state index in [1.54, 1.807) is 4.90 Å². The first-order valence-corrected chi connectivity index (χ1v) is 6.37. The van der Waals surface area contributed by atoms with Gasteiger partial charge in [-0.2, -0.15) is 0 Å². The molecule has 1 fully saturated rings. The Morgan fingerprint density at radius 2 is 1.78 bits per heavy atom. The van der Waals surface area contributed by atoms with Crippen LogP contribution in [-0.4, -0.2) is 23.9 Å². The monoisotopic (exact) mass is 246 g/mol. The number of anilines is 1. The van der Waals surface area contributed by atoms with Crippen molar-refractivity contribution in [2.75, 3.05) is 4.90 Å². The first-order valence-electron chi connectivity index (χ1n) is 6.37. The maximum absolute atomic E-state index is 12.4. The Morgan fingerprint density at radius 3 is 2.33 bits per heavy atom. The van der Waals surface area contributed by atoms with Gasteiger partial charge >= 0.3 is 0 Å². The molecule has 1 aliphatic rings. The smallest absolute Gasteiger partial charge is 0.250 e. The Kier molecular flexibility index (Phi) is 3.65. The van der Waals surface area contributed by atoms with Crippen LogP contribution in [0.2, 0.25) is 0 Å². The topological polar surface area (TPSA) is 49.4 Å². The Labute approximate surface area is 107 Å². The number of carbonyl (C=O) groups is 2. The Morgan fingerprint density at radius 1 is 1.11 bits per heavy atom. The molecule has 0 aliphatic carbocycles. The van der Waals surface area contributed by atoms with Crippen LogP contribution in [0.1, 0.15) is 26.7 Å². The zero-order valence-electron chi connectivity index (χ0n) is 10.7. The lowest BCUT2D eigenvalue weighted by Crippen LogP contribution is -2.63. The SMILES string of the molecule is CCC1NC(=O)C(CC)N(c2ccccc2)C1=O.